The molecule has 1 aromatic heterocycles. The van der Waals surface area contributed by atoms with Crippen LogP contribution in [-0.2, 0) is 7.05 Å². The van der Waals surface area contributed by atoms with Crippen LogP contribution in [0.4, 0.5) is 0 Å². The van der Waals surface area contributed by atoms with E-state index in [1.165, 1.54) is 5.67 Å². The fourth-order valence-corrected chi connectivity index (χ4v) is 2.94. The smallest absolute Gasteiger partial charge is 0.232 e. The molecule has 0 spiro atoms. The van der Waals surface area contributed by atoms with Crippen LogP contribution in [0.15, 0.2) is 59.8 Å². The van der Waals surface area contributed by atoms with Crippen LogP contribution in [-0.4, -0.2) is 53.2 Å². The highest BCUT2D eigenvalue weighted by Crippen LogP contribution is 2.27. The van der Waals surface area contributed by atoms with Gasteiger partial charge in [-0.15, -0.1) is 0 Å². The highest BCUT2D eigenvalue weighted by Gasteiger charge is 2.11. The Kier molecular flexibility index (Phi) is 17.9. The predicted molar refractivity (Wildman–Crippen MR) is 143 cm³/mol. The molecule has 0 fully saturated rings. The van der Waals surface area contributed by atoms with Crippen LogP contribution in [0.3, 0.4) is 0 Å². The van der Waals surface area contributed by atoms with E-state index in [4.69, 9.17) is 34.8 Å². The molecule has 0 saturated carbocycles. The van der Waals surface area contributed by atoms with Gasteiger partial charge in [-0.1, -0.05) is 67.0 Å². The van der Waals surface area contributed by atoms with E-state index in [-0.39, 0.29) is 19.8 Å². The van der Waals surface area contributed by atoms with Gasteiger partial charge in [0.15, 0.2) is 6.29 Å². The van der Waals surface area contributed by atoms with Crippen molar-refractivity contribution in [1.82, 2.24) is 15.2 Å². The summed E-state index contributed by atoms with van der Waals surface area (Å²) in [4.78, 5) is 10.8. The molecule has 0 bridgehead atoms. The zero-order chi connectivity index (χ0) is 24.1. The number of aldehydes is 1. The van der Waals surface area contributed by atoms with Gasteiger partial charge < -0.3 is 17.8 Å². The van der Waals surface area contributed by atoms with Gasteiger partial charge in [-0.3, -0.25) is 9.48 Å². The first kappa shape index (κ1) is 33.8. The molecule has 6 nitrogen and oxygen atoms in total. The predicted octanol–water partition coefficient (Wildman–Crippen LogP) is 3.00. The summed E-state index contributed by atoms with van der Waals surface area (Å²) in [7, 11) is 7.27. The Morgan fingerprint density at radius 3 is 2.09 bits per heavy atom. The molecule has 2 aromatic carbocycles. The lowest BCUT2D eigenvalue weighted by Gasteiger charge is -2.01. The maximum Gasteiger partial charge on any atom is 0.232 e. The van der Waals surface area contributed by atoms with E-state index in [1.54, 1.807) is 35.6 Å². The summed E-state index contributed by atoms with van der Waals surface area (Å²) in [5.74, 6) is 0. The van der Waals surface area contributed by atoms with Crippen molar-refractivity contribution in [2.75, 3.05) is 21.1 Å². The molecule has 3 rings (SSSR count). The summed E-state index contributed by atoms with van der Waals surface area (Å²) < 4.78 is 3.37. The molecule has 0 aliphatic carbocycles. The van der Waals surface area contributed by atoms with Crippen molar-refractivity contribution in [3.05, 3.63) is 75.9 Å². The van der Waals surface area contributed by atoms with Gasteiger partial charge in [0, 0.05) is 36.4 Å². The van der Waals surface area contributed by atoms with Crippen LogP contribution in [0.2, 0.25) is 10.0 Å². The van der Waals surface area contributed by atoms with Crippen LogP contribution in [0, 0.1) is 0 Å². The van der Waals surface area contributed by atoms with E-state index in [2.05, 4.69) is 15.6 Å². The first-order chi connectivity index (χ1) is 15.2. The van der Waals surface area contributed by atoms with Gasteiger partial charge >= 0.3 is 0 Å². The number of hydrazone groups is 1. The standard InChI is InChI=1S/C11H9ClN2O.C9H11ClN2.C3H7ClN.CH4.ClH/c1-14-6-8(7-15)11(13-14)9-4-2-3-5-10(9)12;1-7(12-11-2)8-5-3-4-6-9(8)10;1-5(2)3-4;;/h2-7H,1H3;3-6,11H,1-2H3;3H,1-2H3;1H4;1H/q;;+1;;/p-1/b;12-7-;;;. The molecular weight excluding hydrogens is 516 g/mol. The summed E-state index contributed by atoms with van der Waals surface area (Å²) in [5, 5.41) is 9.58. The number of nitrogens with one attached hydrogen (secondary N) is 1. The average molecular weight is 547 g/mol. The lowest BCUT2D eigenvalue weighted by atomic mass is 10.1. The van der Waals surface area contributed by atoms with Crippen LogP contribution in [0.5, 0.6) is 0 Å². The number of halogens is 4. The minimum Gasteiger partial charge on any atom is -1.00 e. The molecule has 1 N–H and O–H groups in total. The molecule has 0 aliphatic heterocycles. The van der Waals surface area contributed by atoms with E-state index >= 15 is 0 Å². The van der Waals surface area contributed by atoms with Crippen molar-refractivity contribution < 1.29 is 21.8 Å². The Labute approximate surface area is 223 Å². The average Bonchev–Trinajstić information content (AvgIpc) is 3.16. The van der Waals surface area contributed by atoms with Gasteiger partial charge in [0.2, 0.25) is 5.67 Å². The third kappa shape index (κ3) is 11.2. The van der Waals surface area contributed by atoms with Crippen LogP contribution < -0.4 is 17.8 Å². The summed E-state index contributed by atoms with van der Waals surface area (Å²) in [6.07, 6.45) is 2.46. The van der Waals surface area contributed by atoms with Gasteiger partial charge in [0.05, 0.1) is 16.3 Å². The molecule has 0 atom stereocenters. The molecule has 0 saturated heterocycles. The van der Waals surface area contributed by atoms with Gasteiger partial charge in [-0.2, -0.15) is 10.2 Å². The number of hydrogen-bond acceptors (Lipinski definition) is 4. The van der Waals surface area contributed by atoms with Crippen molar-refractivity contribution in [1.29, 1.82) is 0 Å². The number of aryl methyl sites for hydroxylation is 1. The van der Waals surface area contributed by atoms with Crippen molar-refractivity contribution >= 4 is 52.5 Å². The maximum atomic E-state index is 10.8. The number of benzene rings is 2. The topological polar surface area (TPSA) is 62.3 Å². The van der Waals surface area contributed by atoms with Crippen LogP contribution >= 0.6 is 34.8 Å². The van der Waals surface area contributed by atoms with E-state index < -0.39 is 0 Å². The van der Waals surface area contributed by atoms with Gasteiger partial charge in [0.25, 0.3) is 0 Å². The van der Waals surface area contributed by atoms with Crippen molar-refractivity contribution in [2.24, 2.45) is 12.1 Å². The largest absolute Gasteiger partial charge is 1.00 e. The molecule has 34 heavy (non-hydrogen) atoms. The third-order valence-corrected chi connectivity index (χ3v) is 4.90. The lowest BCUT2D eigenvalue weighted by Crippen LogP contribution is -3.00. The maximum absolute atomic E-state index is 10.8. The third-order valence-electron chi connectivity index (χ3n) is 3.85. The number of carbonyl (C=O) groups excluding carboxylic acids is 1. The second kappa shape index (κ2) is 18.0. The van der Waals surface area contributed by atoms with Crippen LogP contribution in [0.1, 0.15) is 30.3 Å². The highest BCUT2D eigenvalue weighted by molar-refractivity contribution is 6.54. The highest BCUT2D eigenvalue weighted by atomic mass is 35.5. The lowest BCUT2D eigenvalue weighted by molar-refractivity contribution is -0.457. The van der Waals surface area contributed by atoms with E-state index in [0.29, 0.717) is 16.3 Å². The fourth-order valence-electron chi connectivity index (χ4n) is 2.44. The summed E-state index contributed by atoms with van der Waals surface area (Å²) in [5.41, 5.74) is 8.00. The van der Waals surface area contributed by atoms with Crippen LogP contribution in [0.25, 0.3) is 11.3 Å². The zero-order valence-corrected chi connectivity index (χ0v) is 22.1. The Balaban J connectivity index is 0. The SMILES string of the molecule is C.CN/N=C(/C)c1ccccc1Cl.C[N+](C)=CCl.Cn1cc(C=O)c(-c2ccccc2Cl)n1.[Cl-]. The van der Waals surface area contributed by atoms with Gasteiger partial charge in [-0.25, -0.2) is 4.58 Å². The number of carbonyl (C=O) groups is 1. The Bertz CT molecular complexity index is 1080. The molecule has 0 amide bonds. The second-order valence-electron chi connectivity index (χ2n) is 6.67. The molecule has 10 heteroatoms. The minimum absolute atomic E-state index is 0. The van der Waals surface area contributed by atoms with E-state index in [1.807, 2.05) is 63.5 Å². The summed E-state index contributed by atoms with van der Waals surface area (Å²) in [6, 6.07) is 15.0. The second-order valence-corrected chi connectivity index (χ2v) is 7.68. The number of hydrogen-bond donors (Lipinski definition) is 1. The van der Waals surface area contributed by atoms with E-state index in [9.17, 15) is 4.79 Å². The normalized spacial score (nSPS) is 9.59. The molecular formula is C24H31Cl4N5O. The minimum atomic E-state index is 0. The monoisotopic (exact) mass is 545 g/mol. The molecule has 3 aromatic rings. The zero-order valence-electron chi connectivity index (χ0n) is 19.1. The quantitative estimate of drug-likeness (QED) is 0.237. The van der Waals surface area contributed by atoms with Crippen molar-refractivity contribution in [3.63, 3.8) is 0 Å². The first-order valence-corrected chi connectivity index (χ1v) is 10.7. The molecule has 186 valence electrons. The number of nitrogens with zero attached hydrogens (tertiary/aromatic N) is 4. The van der Waals surface area contributed by atoms with Gasteiger partial charge in [-0.05, 0) is 30.7 Å². The number of aromatic nitrogens is 2. The summed E-state index contributed by atoms with van der Waals surface area (Å²) >= 11 is 17.1. The molecule has 1 heterocycles. The Morgan fingerprint density at radius 2 is 1.62 bits per heavy atom. The van der Waals surface area contributed by atoms with Crippen molar-refractivity contribution in [2.45, 2.75) is 14.4 Å². The first-order valence-electron chi connectivity index (χ1n) is 9.54. The van der Waals surface area contributed by atoms with Crippen molar-refractivity contribution in [3.8, 4) is 11.3 Å². The van der Waals surface area contributed by atoms with E-state index in [0.717, 1.165) is 28.1 Å². The number of rotatable bonds is 4. The van der Waals surface area contributed by atoms with Gasteiger partial charge in [0.1, 0.15) is 19.8 Å². The molecule has 0 radical (unpaired) electrons. The Hall–Kier alpha value is -2.38. The fraction of sp³-hybridized carbons (Fsp3) is 0.250. The Morgan fingerprint density at radius 1 is 1.09 bits per heavy atom. The molecule has 0 aliphatic rings. The molecule has 0 unspecified atom stereocenters. The summed E-state index contributed by atoms with van der Waals surface area (Å²) in [6.45, 7) is 1.91.